The lowest BCUT2D eigenvalue weighted by Crippen LogP contribution is -2.60. The van der Waals surface area contributed by atoms with E-state index in [2.05, 4.69) is 10.6 Å². The number of aliphatic hydroxyl groups is 26. The van der Waals surface area contributed by atoms with Crippen LogP contribution in [0.15, 0.2) is 0 Å². The van der Waals surface area contributed by atoms with Gasteiger partial charge in [0.2, 0.25) is 11.8 Å². The van der Waals surface area contributed by atoms with E-state index in [1.54, 1.807) is 6.92 Å². The van der Waals surface area contributed by atoms with Crippen LogP contribution in [0.3, 0.4) is 0 Å². The van der Waals surface area contributed by atoms with E-state index in [1.807, 2.05) is 0 Å². The first-order chi connectivity index (χ1) is 37.4. The number of hydrogen-bond donors (Lipinski definition) is 28. The minimum atomic E-state index is -1.27. The third-order valence-electron chi connectivity index (χ3n) is 16.4. The number of amides is 2. The molecule has 29 atom stereocenters. The molecule has 2 amide bonds. The number of nitrogens with one attached hydrogen (secondary N) is 2. The highest BCUT2D eigenvalue weighted by molar-refractivity contribution is 5.73. The molecule has 6 aliphatic rings. The highest BCUT2D eigenvalue weighted by Gasteiger charge is 2.46. The average Bonchev–Trinajstić information content (AvgIpc) is 3.44. The largest absolute Gasteiger partial charge is 0.396 e. The summed E-state index contributed by atoms with van der Waals surface area (Å²) in [6.45, 7) is 2.36. The number of rotatable bonds is 11. The van der Waals surface area contributed by atoms with E-state index in [-0.39, 0.29) is 95.5 Å². The molecule has 0 aromatic carbocycles. The van der Waals surface area contributed by atoms with Crippen LogP contribution in [0.4, 0.5) is 0 Å². The monoisotopic (exact) mass is 1170 g/mol. The van der Waals surface area contributed by atoms with E-state index < -0.39 is 157 Å². The molecule has 0 bridgehead atoms. The van der Waals surface area contributed by atoms with Crippen LogP contribution in [0.2, 0.25) is 0 Å². The number of hydrogen-bond acceptors (Lipinski definition) is 28. The number of carbonyl (C=O) groups excluding carboxylic acids is 2. The molecule has 4 unspecified atom stereocenters. The molecule has 30 nitrogen and oxygen atoms in total. The maximum atomic E-state index is 10.8. The minimum Gasteiger partial charge on any atom is -0.396 e. The van der Waals surface area contributed by atoms with Gasteiger partial charge < -0.3 is 143 Å². The summed E-state index contributed by atoms with van der Waals surface area (Å²) in [6.07, 6.45) is -15.9. The molecule has 6 aliphatic carbocycles. The van der Waals surface area contributed by atoms with Gasteiger partial charge in [-0.3, -0.25) is 9.59 Å². The molecule has 476 valence electrons. The highest BCUT2D eigenvalue weighted by Crippen LogP contribution is 2.33. The summed E-state index contributed by atoms with van der Waals surface area (Å²) < 4.78 is 0. The molecule has 0 saturated heterocycles. The van der Waals surface area contributed by atoms with Gasteiger partial charge in [-0.2, -0.15) is 0 Å². The standard InChI is InChI=1S/C9H17NO5.C9H17NO4.3C8H16O5.C8H16O4/c1-4(12)10-7-6(13)2-5(3-11)8(14)9(7)15;1-5(12)10-7-3-2-6(4-11)8(13)9(7)14;3*9-2-4-1-5(3-10)7(12)8(13)6(4)11;1-4-2-5(3-9)7(11)8(12)6(4)10/h5-9,11,13-15H,2-3H2,1H3,(H,10,12);6-9,11,13-14H,2-4H2,1H3,(H,10,12);3*4-13H,1-3H2;4-12H,2-3H2,1H3/t5-,6?,7+,8-,9-;6-,7+,8-,9-;4-,5+,6-,7+,8?;2*4-,5+,6-,7-,8?;4-,5+,6-,7-,8-/m11.101/s1. The second-order valence-corrected chi connectivity index (χ2v) is 22.2. The third-order valence-corrected chi connectivity index (χ3v) is 16.4. The molecule has 0 aromatic heterocycles. The SMILES string of the molecule is CC(=O)N[C@H]1C(O)C[C@H](CO)[C@@H](O)[C@@H]1O.CC(=O)N[C@H]1CC[C@H](CO)[C@@H](O)[C@@H]1O.C[C@@H]1C[C@@H](CO)[C@@H](O)[C@H](O)[C@@H]1O.OC[C@@H]1C[C@H](CO)[C@@H](O)C(O)[C@@H]1O.OC[C@@H]1C[C@H](CO)[C@@H](O)C(O)[C@H]1O.OC[C@@H]1C[C@H](CO)[C@H](O)C(O)[C@H]1O. The lowest BCUT2D eigenvalue weighted by Gasteiger charge is -2.40. The van der Waals surface area contributed by atoms with Crippen molar-refractivity contribution in [3.05, 3.63) is 0 Å². The molecule has 6 fully saturated rings. The molecule has 0 heterocycles. The maximum absolute atomic E-state index is 10.8. The Kier molecular flexibility index (Phi) is 35.4. The number of aliphatic hydroxyl groups excluding tert-OH is 26. The van der Waals surface area contributed by atoms with Crippen LogP contribution >= 0.6 is 0 Å². The van der Waals surface area contributed by atoms with Gasteiger partial charge in [-0.1, -0.05) is 6.92 Å². The fraction of sp³-hybridized carbons (Fsp3) is 0.960. The van der Waals surface area contributed by atoms with E-state index in [9.17, 15) is 96.4 Å². The van der Waals surface area contributed by atoms with Crippen LogP contribution in [0, 0.1) is 59.2 Å². The van der Waals surface area contributed by atoms with Crippen molar-refractivity contribution >= 4 is 11.8 Å². The lowest BCUT2D eigenvalue weighted by molar-refractivity contribution is -0.148. The highest BCUT2D eigenvalue weighted by atomic mass is 16.4. The Bertz CT molecular complexity index is 1540. The first-order valence-electron chi connectivity index (χ1n) is 27.0. The van der Waals surface area contributed by atoms with Crippen LogP contribution in [-0.4, -0.2) is 320 Å². The predicted molar refractivity (Wildman–Crippen MR) is 274 cm³/mol. The molecule has 0 aliphatic heterocycles. The van der Waals surface area contributed by atoms with E-state index in [1.165, 1.54) is 13.8 Å². The second-order valence-electron chi connectivity index (χ2n) is 22.2. The van der Waals surface area contributed by atoms with E-state index in [0.29, 0.717) is 38.5 Å². The Morgan fingerprint density at radius 1 is 0.300 bits per heavy atom. The van der Waals surface area contributed by atoms with Crippen molar-refractivity contribution < 1.29 is 142 Å². The molecular formula is C50H98N2O28. The molecule has 0 radical (unpaired) electrons. The molecule has 30 heteroatoms. The summed E-state index contributed by atoms with van der Waals surface area (Å²) in [5.74, 6) is -4.59. The molecule has 28 N–H and O–H groups in total. The van der Waals surface area contributed by atoms with Crippen molar-refractivity contribution in [1.82, 2.24) is 10.6 Å². The lowest BCUT2D eigenvalue weighted by atomic mass is 9.76. The first kappa shape index (κ1) is 75.9. The molecule has 80 heavy (non-hydrogen) atoms. The molecule has 6 saturated carbocycles. The van der Waals surface area contributed by atoms with Crippen molar-refractivity contribution in [2.75, 3.05) is 59.5 Å². The zero-order valence-electron chi connectivity index (χ0n) is 45.5. The van der Waals surface area contributed by atoms with Crippen LogP contribution in [0.5, 0.6) is 0 Å². The molecule has 6 rings (SSSR count). The summed E-state index contributed by atoms with van der Waals surface area (Å²) in [7, 11) is 0. The van der Waals surface area contributed by atoms with Crippen molar-refractivity contribution in [2.45, 2.75) is 182 Å². The first-order valence-corrected chi connectivity index (χ1v) is 27.0. The van der Waals surface area contributed by atoms with E-state index >= 15 is 0 Å². The topological polar surface area (TPSA) is 584 Å². The fourth-order valence-electron chi connectivity index (χ4n) is 10.9. The zero-order valence-corrected chi connectivity index (χ0v) is 45.5. The van der Waals surface area contributed by atoms with Crippen LogP contribution in [0.25, 0.3) is 0 Å². The summed E-state index contributed by atoms with van der Waals surface area (Å²) in [4.78, 5) is 21.6. The Morgan fingerprint density at radius 2 is 0.550 bits per heavy atom. The zero-order chi connectivity index (χ0) is 61.6. The van der Waals surface area contributed by atoms with Crippen LogP contribution < -0.4 is 10.6 Å². The summed E-state index contributed by atoms with van der Waals surface area (Å²) in [5.41, 5.74) is 0. The van der Waals surface area contributed by atoms with Crippen LogP contribution in [-0.2, 0) is 9.59 Å². The molecule has 0 spiro atoms. The van der Waals surface area contributed by atoms with Gasteiger partial charge in [0, 0.05) is 127 Å². The van der Waals surface area contributed by atoms with Crippen molar-refractivity contribution in [2.24, 2.45) is 59.2 Å². The van der Waals surface area contributed by atoms with Gasteiger partial charge >= 0.3 is 0 Å². The Balaban J connectivity index is 0.000000481. The summed E-state index contributed by atoms with van der Waals surface area (Å²) in [5, 5.41) is 245. The predicted octanol–water partition coefficient (Wildman–Crippen LogP) is -12.0. The van der Waals surface area contributed by atoms with Gasteiger partial charge in [0.15, 0.2) is 0 Å². The third kappa shape index (κ3) is 21.4. The van der Waals surface area contributed by atoms with Gasteiger partial charge in [0.05, 0.1) is 79.2 Å². The molecular weight excluding hydrogens is 1080 g/mol. The average molecular weight is 1180 g/mol. The van der Waals surface area contributed by atoms with Crippen molar-refractivity contribution in [3.63, 3.8) is 0 Å². The van der Waals surface area contributed by atoms with Gasteiger partial charge in [0.1, 0.15) is 36.6 Å². The number of carbonyl (C=O) groups is 2. The fourth-order valence-corrected chi connectivity index (χ4v) is 10.9. The Labute approximate surface area is 464 Å². The Hall–Kier alpha value is -2.10. The van der Waals surface area contributed by atoms with Crippen LogP contribution in [0.1, 0.15) is 65.7 Å². The quantitative estimate of drug-likeness (QED) is 0.0913. The van der Waals surface area contributed by atoms with E-state index in [0.717, 1.165) is 0 Å². The smallest absolute Gasteiger partial charge is 0.217 e. The van der Waals surface area contributed by atoms with E-state index in [4.69, 9.17) is 46.0 Å². The van der Waals surface area contributed by atoms with Gasteiger partial charge in [-0.05, 0) is 50.9 Å². The summed E-state index contributed by atoms with van der Waals surface area (Å²) in [6, 6.07) is -1.27. The molecule has 0 aromatic rings. The maximum Gasteiger partial charge on any atom is 0.217 e. The Morgan fingerprint density at radius 3 is 0.838 bits per heavy atom. The normalized spacial score (nSPS) is 44.4. The van der Waals surface area contributed by atoms with Gasteiger partial charge in [0.25, 0.3) is 0 Å². The van der Waals surface area contributed by atoms with Crippen molar-refractivity contribution in [1.29, 1.82) is 0 Å². The van der Waals surface area contributed by atoms with Gasteiger partial charge in [-0.25, -0.2) is 0 Å². The minimum absolute atomic E-state index is 0.0689. The summed E-state index contributed by atoms with van der Waals surface area (Å²) >= 11 is 0. The van der Waals surface area contributed by atoms with Gasteiger partial charge in [-0.15, -0.1) is 0 Å². The van der Waals surface area contributed by atoms with Crippen molar-refractivity contribution in [3.8, 4) is 0 Å². The second kappa shape index (κ2) is 37.4.